The van der Waals surface area contributed by atoms with E-state index in [0.717, 1.165) is 0 Å². The molecule has 1 aromatic heterocycles. The van der Waals surface area contributed by atoms with Gasteiger partial charge in [-0.1, -0.05) is 51.1 Å². The van der Waals surface area contributed by atoms with Gasteiger partial charge < -0.3 is 31.6 Å². The topological polar surface area (TPSA) is 196 Å². The summed E-state index contributed by atoms with van der Waals surface area (Å²) in [6.07, 6.45) is 2.57. The van der Waals surface area contributed by atoms with Crippen LogP contribution in [0.25, 0.3) is 0 Å². The molecule has 2 aromatic rings. The van der Waals surface area contributed by atoms with Gasteiger partial charge in [-0.3, -0.25) is 23.7 Å². The van der Waals surface area contributed by atoms with Gasteiger partial charge in [-0.05, 0) is 11.5 Å². The van der Waals surface area contributed by atoms with Crippen LogP contribution in [0, 0.1) is 11.8 Å². The quantitative estimate of drug-likeness (QED) is 0.187. The van der Waals surface area contributed by atoms with E-state index in [1.165, 1.54) is 26.4 Å². The van der Waals surface area contributed by atoms with Crippen LogP contribution in [0.15, 0.2) is 42.9 Å². The smallest absolute Gasteiger partial charge is 0.243 e. The van der Waals surface area contributed by atoms with Crippen LogP contribution in [0.4, 0.5) is 0 Å². The van der Waals surface area contributed by atoms with E-state index < -0.39 is 60.9 Å². The fraction of sp³-hybridized carbons (Fsp3) is 0.480. The molecule has 2 rings (SSSR count). The first-order chi connectivity index (χ1) is 17.8. The molecule has 13 heteroatoms. The lowest BCUT2D eigenvalue weighted by molar-refractivity contribution is -0.129. The summed E-state index contributed by atoms with van der Waals surface area (Å²) in [6, 6.07) is 6.89. The number of aromatic nitrogens is 2. The lowest BCUT2D eigenvalue weighted by Crippen LogP contribution is -2.52. The number of rotatable bonds is 14. The summed E-state index contributed by atoms with van der Waals surface area (Å²) in [4.78, 5) is 67.3. The molecule has 1 aromatic carbocycles. The van der Waals surface area contributed by atoms with Crippen molar-refractivity contribution in [1.82, 2.24) is 25.9 Å². The molecule has 0 radical (unpaired) electrons. The normalized spacial score (nSPS) is 15.9. The molecule has 3 unspecified atom stereocenters. The number of H-pyrrole nitrogens is 1. The Balaban J connectivity index is 2.20. The van der Waals surface area contributed by atoms with E-state index in [4.69, 9.17) is 5.73 Å². The highest BCUT2D eigenvalue weighted by molar-refractivity contribution is 7.58. The number of benzene rings is 1. The maximum absolute atomic E-state index is 13.6. The van der Waals surface area contributed by atoms with Gasteiger partial charge in [0, 0.05) is 43.7 Å². The van der Waals surface area contributed by atoms with E-state index in [1.807, 2.05) is 0 Å². The number of carbonyl (C=O) groups is 4. The van der Waals surface area contributed by atoms with Crippen molar-refractivity contribution in [3.63, 3.8) is 0 Å². The molecule has 0 spiro atoms. The standard InChI is InChI=1S/C25H37N6O6P/c1-15(2)22(29-17(4)32)25(35)31-21(10-18-8-6-5-7-9-18)38(36,37)13-16(3)24(34)30-20(23(26)33)11-19-12-27-14-28-19/h5-9,12,14-16,20-22H,10-11,13H2,1-4H3,(H2,26,33)(H,27,28)(H,29,32)(H,30,34)(H,31,35)(H,36,37)/t16?,20-,21?,22-/m0/s1. The SMILES string of the molecule is CC(=O)N[C@H](C(=O)NC(Cc1ccccc1)P(=O)(O)CC(C)C(=O)N[C@@H](Cc1cnc[nH]1)C(N)=O)C(C)C. The van der Waals surface area contributed by atoms with E-state index in [1.54, 1.807) is 44.2 Å². The molecule has 208 valence electrons. The maximum atomic E-state index is 13.6. The molecule has 4 amide bonds. The first-order valence-corrected chi connectivity index (χ1v) is 14.2. The molecule has 0 aliphatic rings. The van der Waals surface area contributed by atoms with Gasteiger partial charge in [0.2, 0.25) is 31.0 Å². The Hall–Kier alpha value is -3.50. The summed E-state index contributed by atoms with van der Waals surface area (Å²) in [7, 11) is -4.20. The summed E-state index contributed by atoms with van der Waals surface area (Å²) >= 11 is 0. The van der Waals surface area contributed by atoms with Crippen molar-refractivity contribution in [2.45, 2.75) is 58.4 Å². The maximum Gasteiger partial charge on any atom is 0.243 e. The molecule has 0 bridgehead atoms. The summed E-state index contributed by atoms with van der Waals surface area (Å²) in [5.74, 6) is -4.89. The molecular formula is C25H37N6O6P. The molecule has 12 nitrogen and oxygen atoms in total. The number of nitrogens with zero attached hydrogens (tertiary/aromatic N) is 1. The van der Waals surface area contributed by atoms with Gasteiger partial charge in [0.05, 0.1) is 6.33 Å². The predicted octanol–water partition coefficient (Wildman–Crippen LogP) is 0.675. The second-order valence-electron chi connectivity index (χ2n) is 9.72. The van der Waals surface area contributed by atoms with Gasteiger partial charge in [0.1, 0.15) is 17.9 Å². The predicted molar refractivity (Wildman–Crippen MR) is 142 cm³/mol. The zero-order chi connectivity index (χ0) is 28.5. The monoisotopic (exact) mass is 548 g/mol. The Morgan fingerprint density at radius 1 is 1.03 bits per heavy atom. The number of imidazole rings is 1. The first kappa shape index (κ1) is 30.7. The van der Waals surface area contributed by atoms with Crippen LogP contribution in [-0.2, 0) is 36.6 Å². The molecule has 0 fully saturated rings. The Morgan fingerprint density at radius 2 is 1.68 bits per heavy atom. The van der Waals surface area contributed by atoms with Gasteiger partial charge in [0.15, 0.2) is 0 Å². The van der Waals surface area contributed by atoms with Gasteiger partial charge in [-0.15, -0.1) is 0 Å². The second kappa shape index (κ2) is 13.9. The minimum atomic E-state index is -4.20. The molecule has 0 aliphatic carbocycles. The van der Waals surface area contributed by atoms with Crippen molar-refractivity contribution in [3.05, 3.63) is 54.1 Å². The molecule has 38 heavy (non-hydrogen) atoms. The van der Waals surface area contributed by atoms with Gasteiger partial charge >= 0.3 is 0 Å². The molecule has 1 heterocycles. The van der Waals surface area contributed by atoms with Crippen LogP contribution >= 0.6 is 7.37 Å². The highest BCUT2D eigenvalue weighted by Crippen LogP contribution is 2.48. The summed E-state index contributed by atoms with van der Waals surface area (Å²) in [5, 5.41) is 7.75. The third-order valence-electron chi connectivity index (χ3n) is 6.00. The highest BCUT2D eigenvalue weighted by Gasteiger charge is 2.38. The number of amides is 4. The fourth-order valence-electron chi connectivity index (χ4n) is 3.90. The summed E-state index contributed by atoms with van der Waals surface area (Å²) in [6.45, 7) is 6.24. The Bertz CT molecular complexity index is 1140. The van der Waals surface area contributed by atoms with Crippen LogP contribution < -0.4 is 21.7 Å². The number of hydrogen-bond acceptors (Lipinski definition) is 6. The van der Waals surface area contributed by atoms with Crippen LogP contribution in [0.2, 0.25) is 0 Å². The van der Waals surface area contributed by atoms with Crippen molar-refractivity contribution in [1.29, 1.82) is 0 Å². The van der Waals surface area contributed by atoms with Crippen molar-refractivity contribution in [2.75, 3.05) is 6.16 Å². The zero-order valence-corrected chi connectivity index (χ0v) is 22.9. The van der Waals surface area contributed by atoms with E-state index in [9.17, 15) is 28.6 Å². The van der Waals surface area contributed by atoms with Crippen LogP contribution in [0.5, 0.6) is 0 Å². The lowest BCUT2D eigenvalue weighted by Gasteiger charge is -2.29. The summed E-state index contributed by atoms with van der Waals surface area (Å²) < 4.78 is 13.6. The molecule has 0 aliphatic heterocycles. The number of aromatic amines is 1. The number of hydrogen-bond donors (Lipinski definition) is 6. The Kier molecular flexibility index (Phi) is 11.2. The third kappa shape index (κ3) is 9.42. The largest absolute Gasteiger partial charge is 0.368 e. The molecule has 7 N–H and O–H groups in total. The van der Waals surface area contributed by atoms with Crippen molar-refractivity contribution in [2.24, 2.45) is 17.6 Å². The highest BCUT2D eigenvalue weighted by atomic mass is 31.2. The minimum absolute atomic E-state index is 0.0311. The van der Waals surface area contributed by atoms with Gasteiger partial charge in [0.25, 0.3) is 0 Å². The number of nitrogens with two attached hydrogens (primary N) is 1. The van der Waals surface area contributed by atoms with Crippen molar-refractivity contribution < 1.29 is 28.6 Å². The van der Waals surface area contributed by atoms with Crippen molar-refractivity contribution >= 4 is 31.0 Å². The third-order valence-corrected chi connectivity index (χ3v) is 8.35. The van der Waals surface area contributed by atoms with Gasteiger partial charge in [-0.2, -0.15) is 0 Å². The molecular weight excluding hydrogens is 511 g/mol. The molecule has 5 atom stereocenters. The average molecular weight is 549 g/mol. The summed E-state index contributed by atoms with van der Waals surface area (Å²) in [5.41, 5.74) is 6.72. The van der Waals surface area contributed by atoms with Crippen LogP contribution in [0.1, 0.15) is 39.0 Å². The zero-order valence-electron chi connectivity index (χ0n) is 22.0. The Morgan fingerprint density at radius 3 is 2.21 bits per heavy atom. The van der Waals surface area contributed by atoms with E-state index in [0.29, 0.717) is 11.3 Å². The van der Waals surface area contributed by atoms with Crippen LogP contribution in [-0.4, -0.2) is 62.5 Å². The van der Waals surface area contributed by atoms with Gasteiger partial charge in [-0.25, -0.2) is 4.98 Å². The number of primary amides is 1. The number of carbonyl (C=O) groups excluding carboxylic acids is 4. The molecule has 0 saturated heterocycles. The minimum Gasteiger partial charge on any atom is -0.368 e. The second-order valence-corrected chi connectivity index (χ2v) is 12.2. The van der Waals surface area contributed by atoms with Crippen molar-refractivity contribution in [3.8, 4) is 0 Å². The van der Waals surface area contributed by atoms with E-state index >= 15 is 0 Å². The van der Waals surface area contributed by atoms with E-state index in [-0.39, 0.29) is 18.8 Å². The Labute approximate surface area is 222 Å². The average Bonchev–Trinajstić information content (AvgIpc) is 3.34. The molecule has 0 saturated carbocycles. The number of nitrogens with one attached hydrogen (secondary N) is 4. The lowest BCUT2D eigenvalue weighted by atomic mass is 10.0. The van der Waals surface area contributed by atoms with Crippen LogP contribution in [0.3, 0.4) is 0 Å². The first-order valence-electron chi connectivity index (χ1n) is 12.3. The van der Waals surface area contributed by atoms with E-state index in [2.05, 4.69) is 25.9 Å². The fourth-order valence-corrected chi connectivity index (χ4v) is 5.93.